The van der Waals surface area contributed by atoms with E-state index in [0.29, 0.717) is 5.92 Å². The molecule has 3 nitrogen and oxygen atoms in total. The van der Waals surface area contributed by atoms with Crippen LogP contribution in [0, 0.1) is 11.7 Å². The summed E-state index contributed by atoms with van der Waals surface area (Å²) in [6.07, 6.45) is 6.44. The number of pyridine rings is 1. The van der Waals surface area contributed by atoms with Gasteiger partial charge in [-0.2, -0.15) is 0 Å². The van der Waals surface area contributed by atoms with E-state index in [-0.39, 0.29) is 11.9 Å². The van der Waals surface area contributed by atoms with Crippen LogP contribution in [0.3, 0.4) is 0 Å². The van der Waals surface area contributed by atoms with Crippen molar-refractivity contribution in [3.05, 3.63) is 29.8 Å². The second-order valence-electron chi connectivity index (χ2n) is 3.77. The zero-order chi connectivity index (χ0) is 9.97. The normalized spacial score (nSPS) is 19.0. The van der Waals surface area contributed by atoms with Crippen molar-refractivity contribution < 1.29 is 4.39 Å². The average molecular weight is 195 g/mol. The van der Waals surface area contributed by atoms with Gasteiger partial charge in [0.15, 0.2) is 0 Å². The minimum Gasteiger partial charge on any atom is -0.271 e. The van der Waals surface area contributed by atoms with E-state index in [4.69, 9.17) is 5.84 Å². The smallest absolute Gasteiger partial charge is 0.141 e. The molecule has 1 aliphatic carbocycles. The van der Waals surface area contributed by atoms with Crippen LogP contribution in [0.25, 0.3) is 0 Å². The summed E-state index contributed by atoms with van der Waals surface area (Å²) in [5.41, 5.74) is 3.59. The van der Waals surface area contributed by atoms with Gasteiger partial charge in [0.2, 0.25) is 0 Å². The van der Waals surface area contributed by atoms with E-state index >= 15 is 0 Å². The molecule has 3 N–H and O–H groups in total. The second-order valence-corrected chi connectivity index (χ2v) is 3.77. The largest absolute Gasteiger partial charge is 0.271 e. The van der Waals surface area contributed by atoms with Crippen LogP contribution in [-0.4, -0.2) is 4.98 Å². The summed E-state index contributed by atoms with van der Waals surface area (Å²) in [7, 11) is 0. The quantitative estimate of drug-likeness (QED) is 0.568. The van der Waals surface area contributed by atoms with E-state index in [1.54, 1.807) is 6.20 Å². The van der Waals surface area contributed by atoms with Gasteiger partial charge in [0, 0.05) is 6.20 Å². The summed E-state index contributed by atoms with van der Waals surface area (Å²) in [5.74, 6) is 5.69. The van der Waals surface area contributed by atoms with Crippen LogP contribution in [0.1, 0.15) is 30.9 Å². The number of nitrogens with two attached hydrogens (primary N) is 1. The maximum absolute atomic E-state index is 12.9. The van der Waals surface area contributed by atoms with Gasteiger partial charge < -0.3 is 0 Å². The molecule has 0 spiro atoms. The van der Waals surface area contributed by atoms with Crippen molar-refractivity contribution in [2.75, 3.05) is 0 Å². The molecule has 0 aliphatic heterocycles. The topological polar surface area (TPSA) is 50.9 Å². The maximum Gasteiger partial charge on any atom is 0.141 e. The number of rotatable bonds is 3. The van der Waals surface area contributed by atoms with Crippen molar-refractivity contribution in [3.8, 4) is 0 Å². The van der Waals surface area contributed by atoms with E-state index in [0.717, 1.165) is 18.4 Å². The van der Waals surface area contributed by atoms with Crippen LogP contribution in [0.5, 0.6) is 0 Å². The molecular weight excluding hydrogens is 181 g/mol. The molecule has 1 heterocycles. The third kappa shape index (κ3) is 1.76. The number of aromatic nitrogens is 1. The minimum atomic E-state index is -0.304. The molecule has 76 valence electrons. The Hall–Kier alpha value is -1.00. The average Bonchev–Trinajstić information content (AvgIpc) is 2.10. The summed E-state index contributed by atoms with van der Waals surface area (Å²) < 4.78 is 12.9. The van der Waals surface area contributed by atoms with E-state index in [1.807, 2.05) is 0 Å². The molecule has 1 saturated carbocycles. The molecule has 1 unspecified atom stereocenters. The van der Waals surface area contributed by atoms with Crippen LogP contribution >= 0.6 is 0 Å². The molecule has 1 atom stereocenters. The predicted octanol–water partition coefficient (Wildman–Crippen LogP) is 1.53. The highest BCUT2D eigenvalue weighted by molar-refractivity contribution is 5.16. The molecule has 4 heteroatoms. The van der Waals surface area contributed by atoms with Crippen LogP contribution in [0.15, 0.2) is 18.5 Å². The Balaban J connectivity index is 2.17. The molecule has 1 aromatic heterocycles. The molecule has 0 amide bonds. The van der Waals surface area contributed by atoms with Gasteiger partial charge in [-0.25, -0.2) is 4.39 Å². The van der Waals surface area contributed by atoms with E-state index in [9.17, 15) is 4.39 Å². The SMILES string of the molecule is NNC(c1cncc(F)c1)C1CCC1. The minimum absolute atomic E-state index is 0.0481. The van der Waals surface area contributed by atoms with Gasteiger partial charge in [-0.1, -0.05) is 6.42 Å². The van der Waals surface area contributed by atoms with Gasteiger partial charge in [-0.05, 0) is 30.4 Å². The van der Waals surface area contributed by atoms with Gasteiger partial charge in [0.05, 0.1) is 12.2 Å². The third-order valence-electron chi connectivity index (χ3n) is 2.89. The molecule has 2 rings (SSSR count). The molecule has 0 saturated heterocycles. The fraction of sp³-hybridized carbons (Fsp3) is 0.500. The van der Waals surface area contributed by atoms with Crippen molar-refractivity contribution in [1.82, 2.24) is 10.4 Å². The lowest BCUT2D eigenvalue weighted by atomic mass is 9.78. The van der Waals surface area contributed by atoms with Crippen LogP contribution in [-0.2, 0) is 0 Å². The second kappa shape index (κ2) is 4.02. The van der Waals surface area contributed by atoms with Crippen molar-refractivity contribution >= 4 is 0 Å². The van der Waals surface area contributed by atoms with Crippen LogP contribution in [0.2, 0.25) is 0 Å². The first kappa shape index (κ1) is 9.55. The van der Waals surface area contributed by atoms with Crippen molar-refractivity contribution in [2.45, 2.75) is 25.3 Å². The van der Waals surface area contributed by atoms with Gasteiger partial charge in [-0.3, -0.25) is 16.3 Å². The first-order chi connectivity index (χ1) is 6.81. The summed E-state index contributed by atoms with van der Waals surface area (Å²) >= 11 is 0. The molecule has 1 aromatic rings. The lowest BCUT2D eigenvalue weighted by molar-refractivity contribution is 0.231. The molecule has 1 aliphatic rings. The van der Waals surface area contributed by atoms with E-state index < -0.39 is 0 Å². The Bertz CT molecular complexity index is 312. The number of hydrazine groups is 1. The van der Waals surface area contributed by atoms with Gasteiger partial charge in [0.1, 0.15) is 5.82 Å². The maximum atomic E-state index is 12.9. The predicted molar refractivity (Wildman–Crippen MR) is 51.6 cm³/mol. The monoisotopic (exact) mass is 195 g/mol. The lowest BCUT2D eigenvalue weighted by Gasteiger charge is -2.33. The van der Waals surface area contributed by atoms with Crippen LogP contribution in [0.4, 0.5) is 4.39 Å². The van der Waals surface area contributed by atoms with E-state index in [1.165, 1.54) is 18.7 Å². The summed E-state index contributed by atoms with van der Waals surface area (Å²) in [6.45, 7) is 0. The first-order valence-electron chi connectivity index (χ1n) is 4.88. The fourth-order valence-electron chi connectivity index (χ4n) is 1.88. The Morgan fingerprint density at radius 3 is 2.79 bits per heavy atom. The van der Waals surface area contributed by atoms with Gasteiger partial charge in [-0.15, -0.1) is 0 Å². The van der Waals surface area contributed by atoms with E-state index in [2.05, 4.69) is 10.4 Å². The Labute approximate surface area is 82.5 Å². The zero-order valence-corrected chi connectivity index (χ0v) is 7.91. The molecule has 14 heavy (non-hydrogen) atoms. The Kier molecular flexibility index (Phi) is 2.74. The fourth-order valence-corrected chi connectivity index (χ4v) is 1.88. The number of hydrogen-bond acceptors (Lipinski definition) is 3. The third-order valence-corrected chi connectivity index (χ3v) is 2.89. The van der Waals surface area contributed by atoms with Crippen molar-refractivity contribution in [2.24, 2.45) is 11.8 Å². The Morgan fingerprint density at radius 2 is 2.29 bits per heavy atom. The standard InChI is InChI=1S/C10H14FN3/c11-9-4-8(5-13-6-9)10(14-12)7-2-1-3-7/h4-7,10,14H,1-3,12H2. The number of hydrogen-bond donors (Lipinski definition) is 2. The van der Waals surface area contributed by atoms with Crippen molar-refractivity contribution in [1.29, 1.82) is 0 Å². The molecule has 0 bridgehead atoms. The molecule has 0 aromatic carbocycles. The van der Waals surface area contributed by atoms with Crippen LogP contribution < -0.4 is 11.3 Å². The molecule has 1 fully saturated rings. The highest BCUT2D eigenvalue weighted by atomic mass is 19.1. The zero-order valence-electron chi connectivity index (χ0n) is 7.91. The Morgan fingerprint density at radius 1 is 1.50 bits per heavy atom. The lowest BCUT2D eigenvalue weighted by Crippen LogP contribution is -2.36. The van der Waals surface area contributed by atoms with Gasteiger partial charge in [0.25, 0.3) is 0 Å². The first-order valence-corrected chi connectivity index (χ1v) is 4.88. The number of nitrogens with zero attached hydrogens (tertiary/aromatic N) is 1. The summed E-state index contributed by atoms with van der Waals surface area (Å²) in [5, 5.41) is 0. The number of halogens is 1. The van der Waals surface area contributed by atoms with Crippen molar-refractivity contribution in [3.63, 3.8) is 0 Å². The highest BCUT2D eigenvalue weighted by Gasteiger charge is 2.27. The highest BCUT2D eigenvalue weighted by Crippen LogP contribution is 2.36. The molecular formula is C10H14FN3. The number of nitrogens with one attached hydrogen (secondary N) is 1. The van der Waals surface area contributed by atoms with Gasteiger partial charge >= 0.3 is 0 Å². The summed E-state index contributed by atoms with van der Waals surface area (Å²) in [4.78, 5) is 3.82. The summed E-state index contributed by atoms with van der Waals surface area (Å²) in [6, 6.07) is 1.54. The molecule has 0 radical (unpaired) electrons.